The zero-order valence-electron chi connectivity index (χ0n) is 13.1. The number of benzene rings is 1. The van der Waals surface area contributed by atoms with E-state index in [1.54, 1.807) is 24.3 Å². The molecular formula is C14H16N4O4S2. The number of nitrogens with one attached hydrogen (secondary N) is 2. The number of hydrogen-bond acceptors (Lipinski definition) is 7. The monoisotopic (exact) mass is 368 g/mol. The summed E-state index contributed by atoms with van der Waals surface area (Å²) in [5.41, 5.74) is 0.263. The summed E-state index contributed by atoms with van der Waals surface area (Å²) in [5, 5.41) is 10.8. The van der Waals surface area contributed by atoms with Crippen LogP contribution in [0.4, 0.5) is 5.69 Å². The Bertz CT molecular complexity index is 909. The van der Waals surface area contributed by atoms with E-state index in [0.29, 0.717) is 16.4 Å². The summed E-state index contributed by atoms with van der Waals surface area (Å²) in [6, 6.07) is 6.49. The highest BCUT2D eigenvalue weighted by molar-refractivity contribution is 7.99. The maximum atomic E-state index is 12.2. The number of aromatic amines is 1. The smallest absolute Gasteiger partial charge is 0.278 e. The molecule has 0 aliphatic carbocycles. The Kier molecular flexibility index (Phi) is 5.73. The molecule has 0 bridgehead atoms. The molecule has 128 valence electrons. The second kappa shape index (κ2) is 7.58. The van der Waals surface area contributed by atoms with Gasteiger partial charge in [0.05, 0.1) is 5.69 Å². The average Bonchev–Trinajstić information content (AvgIpc) is 2.47. The van der Waals surface area contributed by atoms with Gasteiger partial charge in [-0.25, -0.2) is 8.42 Å². The number of sulfone groups is 1. The first kappa shape index (κ1) is 18.1. The summed E-state index contributed by atoms with van der Waals surface area (Å²) in [5.74, 6) is -0.593. The van der Waals surface area contributed by atoms with E-state index in [0.717, 1.165) is 12.0 Å². The number of hydrogen-bond donors (Lipinski definition) is 2. The normalized spacial score (nSPS) is 11.2. The third-order valence-corrected chi connectivity index (χ3v) is 4.34. The Morgan fingerprint density at radius 1 is 1.29 bits per heavy atom. The molecule has 10 heteroatoms. The fourth-order valence-corrected chi connectivity index (χ4v) is 3.01. The van der Waals surface area contributed by atoms with Crippen molar-refractivity contribution in [3.63, 3.8) is 0 Å². The van der Waals surface area contributed by atoms with Crippen molar-refractivity contribution in [3.8, 4) is 11.3 Å². The maximum Gasteiger partial charge on any atom is 0.278 e. The highest BCUT2D eigenvalue weighted by Gasteiger charge is 2.16. The van der Waals surface area contributed by atoms with Crippen LogP contribution in [0.1, 0.15) is 6.92 Å². The minimum Gasteiger partial charge on any atom is -0.325 e. The molecular weight excluding hydrogens is 352 g/mol. The van der Waals surface area contributed by atoms with Crippen molar-refractivity contribution in [1.82, 2.24) is 15.2 Å². The Balaban J connectivity index is 2.36. The molecule has 0 aliphatic heterocycles. The first-order chi connectivity index (χ1) is 11.3. The fourth-order valence-electron chi connectivity index (χ4n) is 1.92. The Morgan fingerprint density at radius 2 is 2.00 bits per heavy atom. The van der Waals surface area contributed by atoms with Gasteiger partial charge in [0.2, 0.25) is 5.91 Å². The van der Waals surface area contributed by atoms with E-state index in [1.807, 2.05) is 6.92 Å². The van der Waals surface area contributed by atoms with Crippen LogP contribution in [0.3, 0.4) is 0 Å². The zero-order chi connectivity index (χ0) is 17.7. The lowest BCUT2D eigenvalue weighted by Crippen LogP contribution is -2.23. The van der Waals surface area contributed by atoms with E-state index in [9.17, 15) is 18.0 Å². The second-order valence-corrected chi connectivity index (χ2v) is 8.30. The van der Waals surface area contributed by atoms with Crippen molar-refractivity contribution in [2.24, 2.45) is 0 Å². The number of rotatable bonds is 6. The van der Waals surface area contributed by atoms with Gasteiger partial charge in [-0.2, -0.15) is 0 Å². The summed E-state index contributed by atoms with van der Waals surface area (Å²) in [6.07, 6.45) is 0.971. The molecule has 0 radical (unpaired) electrons. The van der Waals surface area contributed by atoms with Crippen molar-refractivity contribution in [3.05, 3.63) is 34.6 Å². The van der Waals surface area contributed by atoms with Gasteiger partial charge in [0, 0.05) is 11.8 Å². The lowest BCUT2D eigenvalue weighted by molar-refractivity contribution is -0.113. The quantitative estimate of drug-likeness (QED) is 0.727. The van der Waals surface area contributed by atoms with Gasteiger partial charge in [-0.3, -0.25) is 14.6 Å². The van der Waals surface area contributed by atoms with Gasteiger partial charge < -0.3 is 5.32 Å². The Labute approximate surface area is 143 Å². The first-order valence-electron chi connectivity index (χ1n) is 6.97. The van der Waals surface area contributed by atoms with Gasteiger partial charge >= 0.3 is 0 Å². The SMILES string of the molecule is CCSc1nnc(-c2ccccc2NC(=O)CS(C)(=O)=O)c(=O)[nH]1. The third-order valence-electron chi connectivity index (χ3n) is 2.81. The van der Waals surface area contributed by atoms with Crippen LogP contribution in [0.2, 0.25) is 0 Å². The molecule has 1 heterocycles. The Hall–Kier alpha value is -2.20. The van der Waals surface area contributed by atoms with Gasteiger partial charge in [0.1, 0.15) is 5.75 Å². The summed E-state index contributed by atoms with van der Waals surface area (Å²) in [7, 11) is -3.45. The molecule has 8 nitrogen and oxygen atoms in total. The van der Waals surface area contributed by atoms with Crippen LogP contribution >= 0.6 is 11.8 Å². The second-order valence-electron chi connectivity index (χ2n) is 4.90. The van der Waals surface area contributed by atoms with E-state index in [-0.39, 0.29) is 5.69 Å². The minimum absolute atomic E-state index is 0.0470. The summed E-state index contributed by atoms with van der Waals surface area (Å²) < 4.78 is 22.4. The van der Waals surface area contributed by atoms with Gasteiger partial charge in [0.15, 0.2) is 20.7 Å². The molecule has 0 saturated heterocycles. The number of amides is 1. The van der Waals surface area contributed by atoms with Crippen LogP contribution in [-0.2, 0) is 14.6 Å². The highest BCUT2D eigenvalue weighted by atomic mass is 32.2. The number of carbonyl (C=O) groups is 1. The molecule has 2 aromatic rings. The molecule has 0 saturated carbocycles. The number of aromatic nitrogens is 3. The van der Waals surface area contributed by atoms with E-state index in [1.165, 1.54) is 11.8 Å². The maximum absolute atomic E-state index is 12.2. The molecule has 1 amide bonds. The average molecular weight is 368 g/mol. The molecule has 0 fully saturated rings. The molecule has 0 aliphatic rings. The fraction of sp³-hybridized carbons (Fsp3) is 0.286. The summed E-state index contributed by atoms with van der Waals surface area (Å²) in [6.45, 7) is 1.92. The van der Waals surface area contributed by atoms with Crippen LogP contribution < -0.4 is 10.9 Å². The molecule has 2 rings (SSSR count). The lowest BCUT2D eigenvalue weighted by Gasteiger charge is -2.09. The number of anilines is 1. The molecule has 24 heavy (non-hydrogen) atoms. The highest BCUT2D eigenvalue weighted by Crippen LogP contribution is 2.23. The largest absolute Gasteiger partial charge is 0.325 e. The van der Waals surface area contributed by atoms with E-state index < -0.39 is 27.1 Å². The Morgan fingerprint density at radius 3 is 2.62 bits per heavy atom. The van der Waals surface area contributed by atoms with Crippen LogP contribution in [-0.4, -0.2) is 47.3 Å². The van der Waals surface area contributed by atoms with Crippen molar-refractivity contribution >= 4 is 33.2 Å². The standard InChI is InChI=1S/C14H16N4O4S2/c1-3-23-14-16-13(20)12(17-18-14)9-6-4-5-7-10(9)15-11(19)8-24(2,21)22/h4-7H,3,8H2,1-2H3,(H,15,19)(H,16,18,20). The number of nitrogens with zero attached hydrogens (tertiary/aromatic N) is 2. The first-order valence-corrected chi connectivity index (χ1v) is 10.0. The molecule has 1 aromatic carbocycles. The predicted molar refractivity (Wildman–Crippen MR) is 92.8 cm³/mol. The number of H-pyrrole nitrogens is 1. The summed E-state index contributed by atoms with van der Waals surface area (Å²) >= 11 is 1.35. The van der Waals surface area contributed by atoms with E-state index in [2.05, 4.69) is 20.5 Å². The number of para-hydroxylation sites is 1. The van der Waals surface area contributed by atoms with Crippen molar-refractivity contribution in [2.75, 3.05) is 23.1 Å². The van der Waals surface area contributed by atoms with Gasteiger partial charge in [-0.05, 0) is 11.8 Å². The van der Waals surface area contributed by atoms with E-state index >= 15 is 0 Å². The number of thioether (sulfide) groups is 1. The topological polar surface area (TPSA) is 122 Å². The van der Waals surface area contributed by atoms with Gasteiger partial charge in [0.25, 0.3) is 5.56 Å². The van der Waals surface area contributed by atoms with Crippen LogP contribution in [0.5, 0.6) is 0 Å². The predicted octanol–water partition coefficient (Wildman–Crippen LogP) is 0.927. The van der Waals surface area contributed by atoms with E-state index in [4.69, 9.17) is 0 Å². The van der Waals surface area contributed by atoms with Gasteiger partial charge in [-0.1, -0.05) is 36.9 Å². The molecule has 2 N–H and O–H groups in total. The van der Waals surface area contributed by atoms with Gasteiger partial charge in [-0.15, -0.1) is 10.2 Å². The molecule has 0 spiro atoms. The number of carbonyl (C=O) groups excluding carboxylic acids is 1. The zero-order valence-corrected chi connectivity index (χ0v) is 14.7. The third kappa shape index (κ3) is 4.90. The van der Waals surface area contributed by atoms with Crippen LogP contribution in [0, 0.1) is 0 Å². The van der Waals surface area contributed by atoms with Crippen molar-refractivity contribution in [1.29, 1.82) is 0 Å². The van der Waals surface area contributed by atoms with Crippen molar-refractivity contribution in [2.45, 2.75) is 12.1 Å². The van der Waals surface area contributed by atoms with Crippen LogP contribution in [0.15, 0.2) is 34.2 Å². The molecule has 0 atom stereocenters. The van der Waals surface area contributed by atoms with Crippen LogP contribution in [0.25, 0.3) is 11.3 Å². The summed E-state index contributed by atoms with van der Waals surface area (Å²) in [4.78, 5) is 26.6. The van der Waals surface area contributed by atoms with Crippen molar-refractivity contribution < 1.29 is 13.2 Å². The molecule has 0 unspecified atom stereocenters. The molecule has 1 aromatic heterocycles. The minimum atomic E-state index is -3.45. The lowest BCUT2D eigenvalue weighted by atomic mass is 10.1.